The summed E-state index contributed by atoms with van der Waals surface area (Å²) in [5.74, 6) is 5.20. The molecule has 0 spiro atoms. The molecular weight excluding hydrogens is 547 g/mol. The Labute approximate surface area is 222 Å². The third kappa shape index (κ3) is 5.76. The molecule has 0 fully saturated rings. The number of fused-ring (bicyclic) bond motifs is 1. The van der Waals surface area contributed by atoms with E-state index >= 15 is 8.78 Å². The number of aromatic nitrogens is 3. The highest BCUT2D eigenvalue weighted by Crippen LogP contribution is 2.45. The Morgan fingerprint density at radius 2 is 1.79 bits per heavy atom. The van der Waals surface area contributed by atoms with Crippen LogP contribution in [0.5, 0.6) is 0 Å². The molecule has 0 radical (unpaired) electrons. The second-order valence-corrected chi connectivity index (χ2v) is 8.86. The Balaban J connectivity index is 1.77. The number of nitrogens with two attached hydrogens (primary N) is 3. The largest absolute Gasteiger partial charge is 0.416 e. The monoisotopic (exact) mass is 566 g/mol. The number of alkyl halides is 5. The molecule has 39 heavy (non-hydrogen) atoms. The topological polar surface area (TPSA) is 141 Å². The van der Waals surface area contributed by atoms with Crippen LogP contribution >= 0.6 is 11.6 Å². The molecule has 6 N–H and O–H groups in total. The van der Waals surface area contributed by atoms with Gasteiger partial charge in [-0.05, 0) is 48.0 Å². The second-order valence-electron chi connectivity index (χ2n) is 8.45. The van der Waals surface area contributed by atoms with Crippen LogP contribution in [0.25, 0.3) is 16.6 Å². The summed E-state index contributed by atoms with van der Waals surface area (Å²) in [6.45, 7) is -0.621. The fourth-order valence-corrected chi connectivity index (χ4v) is 4.29. The molecule has 15 heteroatoms. The lowest BCUT2D eigenvalue weighted by molar-refractivity contribution is -0.137. The number of halogens is 6. The van der Waals surface area contributed by atoms with E-state index in [1.807, 2.05) is 0 Å². The van der Waals surface area contributed by atoms with Gasteiger partial charge in [-0.3, -0.25) is 9.58 Å². The van der Waals surface area contributed by atoms with Crippen molar-refractivity contribution in [2.24, 2.45) is 16.8 Å². The van der Waals surface area contributed by atoms with E-state index in [0.29, 0.717) is 23.2 Å². The Morgan fingerprint density at radius 3 is 2.44 bits per heavy atom. The summed E-state index contributed by atoms with van der Waals surface area (Å²) in [6.07, 6.45) is -2.42. The quantitative estimate of drug-likeness (QED) is 0.101. The highest BCUT2D eigenvalue weighted by atomic mass is 35.5. The van der Waals surface area contributed by atoms with Gasteiger partial charge in [0.2, 0.25) is 0 Å². The van der Waals surface area contributed by atoms with Crippen LogP contribution in [0.1, 0.15) is 22.7 Å². The number of hydrazone groups is 1. The van der Waals surface area contributed by atoms with Gasteiger partial charge in [0, 0.05) is 23.2 Å². The van der Waals surface area contributed by atoms with Crippen LogP contribution in [0, 0.1) is 0 Å². The van der Waals surface area contributed by atoms with Crippen LogP contribution < -0.4 is 23.1 Å². The first-order chi connectivity index (χ1) is 18.3. The van der Waals surface area contributed by atoms with Crippen LogP contribution in [0.3, 0.4) is 0 Å². The second kappa shape index (κ2) is 10.5. The summed E-state index contributed by atoms with van der Waals surface area (Å²) in [4.78, 5) is 19.9. The van der Waals surface area contributed by atoms with Crippen molar-refractivity contribution < 1.29 is 22.0 Å². The van der Waals surface area contributed by atoms with Crippen molar-refractivity contribution in [3.05, 3.63) is 93.1 Å². The third-order valence-electron chi connectivity index (χ3n) is 5.87. The number of hydrogen-bond acceptors (Lipinski definition) is 7. The zero-order valence-electron chi connectivity index (χ0n) is 19.8. The summed E-state index contributed by atoms with van der Waals surface area (Å²) in [7, 11) is 0. The van der Waals surface area contributed by atoms with Gasteiger partial charge in [0.05, 0.1) is 22.7 Å². The number of hydrogen-bond donors (Lipinski definition) is 3. The smallest absolute Gasteiger partial charge is 0.383 e. The van der Waals surface area contributed by atoms with Crippen molar-refractivity contribution in [1.29, 1.82) is 0 Å². The molecular formula is C24H20ClF5N8O. The Morgan fingerprint density at radius 1 is 1.05 bits per heavy atom. The lowest BCUT2D eigenvalue weighted by atomic mass is 9.89. The Kier molecular flexibility index (Phi) is 7.44. The highest BCUT2D eigenvalue weighted by Gasteiger charge is 2.45. The van der Waals surface area contributed by atoms with Gasteiger partial charge in [0.1, 0.15) is 17.9 Å². The van der Waals surface area contributed by atoms with E-state index in [1.54, 1.807) is 6.07 Å². The van der Waals surface area contributed by atoms with Gasteiger partial charge < -0.3 is 11.6 Å². The zero-order chi connectivity index (χ0) is 28.5. The summed E-state index contributed by atoms with van der Waals surface area (Å²) in [6, 6.07) is 10.4. The normalized spacial score (nSPS) is 13.2. The first-order valence-corrected chi connectivity index (χ1v) is 11.4. The summed E-state index contributed by atoms with van der Waals surface area (Å²) >= 11 is 6.07. The van der Waals surface area contributed by atoms with Crippen molar-refractivity contribution in [3.8, 4) is 5.69 Å². The Bertz CT molecular complexity index is 1610. The molecule has 204 valence electrons. The van der Waals surface area contributed by atoms with E-state index in [-0.39, 0.29) is 16.9 Å². The summed E-state index contributed by atoms with van der Waals surface area (Å²) in [5, 5.41) is 3.85. The number of rotatable bonds is 7. The molecule has 4 aromatic rings. The predicted octanol–water partition coefficient (Wildman–Crippen LogP) is 3.99. The molecule has 0 aliphatic heterocycles. The molecule has 0 saturated heterocycles. The van der Waals surface area contributed by atoms with Gasteiger partial charge in [-0.25, -0.2) is 15.6 Å². The van der Waals surface area contributed by atoms with E-state index in [0.717, 1.165) is 23.5 Å². The van der Waals surface area contributed by atoms with E-state index in [9.17, 15) is 18.0 Å². The molecule has 4 rings (SSSR count). The first kappa shape index (κ1) is 27.7. The SMILES string of the molecule is N/N=C\N(N)CC(c1ccc(C(F)(F)F)cc1Cl)C(F)(F)c1ccc2cc(-n3ccc(N)nc3=O)ccc2n1. The van der Waals surface area contributed by atoms with Crippen LogP contribution in [-0.2, 0) is 12.1 Å². The minimum atomic E-state index is -4.72. The van der Waals surface area contributed by atoms with E-state index in [4.69, 9.17) is 29.0 Å². The lowest BCUT2D eigenvalue weighted by Gasteiger charge is -2.30. The van der Waals surface area contributed by atoms with Gasteiger partial charge in [-0.1, -0.05) is 23.7 Å². The molecule has 2 aromatic heterocycles. The average molecular weight is 567 g/mol. The molecule has 0 bridgehead atoms. The molecule has 0 aliphatic rings. The van der Waals surface area contributed by atoms with Gasteiger partial charge in [-0.2, -0.15) is 32.0 Å². The fraction of sp³-hybridized carbons (Fsp3) is 0.167. The number of hydrazine groups is 1. The maximum absolute atomic E-state index is 16.0. The molecule has 1 atom stereocenters. The van der Waals surface area contributed by atoms with Crippen LogP contribution in [-0.4, -0.2) is 32.4 Å². The van der Waals surface area contributed by atoms with Crippen molar-refractivity contribution in [3.63, 3.8) is 0 Å². The van der Waals surface area contributed by atoms with Gasteiger partial charge >= 0.3 is 11.9 Å². The van der Waals surface area contributed by atoms with Crippen LogP contribution in [0.15, 0.2) is 70.7 Å². The number of pyridine rings is 1. The fourth-order valence-electron chi connectivity index (χ4n) is 3.98. The molecule has 0 aliphatic carbocycles. The number of nitrogen functional groups attached to an aromatic ring is 1. The number of nitrogens with zero attached hydrogens (tertiary/aromatic N) is 5. The van der Waals surface area contributed by atoms with E-state index < -0.39 is 46.5 Å². The van der Waals surface area contributed by atoms with Gasteiger partial charge in [0.15, 0.2) is 0 Å². The number of anilines is 1. The van der Waals surface area contributed by atoms with Crippen molar-refractivity contribution >= 4 is 34.7 Å². The lowest BCUT2D eigenvalue weighted by Crippen LogP contribution is -2.40. The average Bonchev–Trinajstić information content (AvgIpc) is 2.86. The van der Waals surface area contributed by atoms with Crippen LogP contribution in [0.4, 0.5) is 27.8 Å². The van der Waals surface area contributed by atoms with Crippen LogP contribution in [0.2, 0.25) is 5.02 Å². The van der Waals surface area contributed by atoms with Crippen molar-refractivity contribution in [1.82, 2.24) is 19.5 Å². The molecule has 0 amide bonds. The number of benzene rings is 2. The highest BCUT2D eigenvalue weighted by molar-refractivity contribution is 6.31. The molecule has 0 saturated carbocycles. The summed E-state index contributed by atoms with van der Waals surface area (Å²) < 4.78 is 72.6. The third-order valence-corrected chi connectivity index (χ3v) is 6.19. The zero-order valence-corrected chi connectivity index (χ0v) is 20.5. The molecule has 2 aromatic carbocycles. The van der Waals surface area contributed by atoms with Crippen molar-refractivity contribution in [2.75, 3.05) is 12.3 Å². The van der Waals surface area contributed by atoms with Gasteiger partial charge in [-0.15, -0.1) is 0 Å². The maximum atomic E-state index is 16.0. The van der Waals surface area contributed by atoms with E-state index in [2.05, 4.69) is 15.1 Å². The molecule has 9 nitrogen and oxygen atoms in total. The summed E-state index contributed by atoms with van der Waals surface area (Å²) in [5.41, 5.74) is 3.38. The minimum absolute atomic E-state index is 0.0436. The maximum Gasteiger partial charge on any atom is 0.416 e. The molecule has 2 heterocycles. The first-order valence-electron chi connectivity index (χ1n) is 11.1. The van der Waals surface area contributed by atoms with Gasteiger partial charge in [0.25, 0.3) is 5.92 Å². The molecule has 1 unspecified atom stereocenters. The Hall–Kier alpha value is -4.30. The van der Waals surface area contributed by atoms with Crippen molar-refractivity contribution in [2.45, 2.75) is 18.0 Å². The predicted molar refractivity (Wildman–Crippen MR) is 136 cm³/mol. The van der Waals surface area contributed by atoms with E-state index in [1.165, 1.54) is 35.0 Å². The minimum Gasteiger partial charge on any atom is -0.383 e. The standard InChI is InChI=1S/C24H20ClF5N8O/c25-18-10-14(24(28,29)30)2-4-16(18)17(11-37(33)12-34-32)23(26,27)20-6-1-13-9-15(3-5-19(13)35-20)38-8-7-21(31)36-22(38)39/h1-10,12,17H,11,32-33H2,(H2,31,36,39)/b34-12-.